The van der Waals surface area contributed by atoms with E-state index in [4.69, 9.17) is 26.4 Å². The van der Waals surface area contributed by atoms with E-state index in [9.17, 15) is 10.1 Å². The molecule has 2 N–H and O–H groups in total. The van der Waals surface area contributed by atoms with Gasteiger partial charge in [0.1, 0.15) is 12.4 Å². The van der Waals surface area contributed by atoms with Gasteiger partial charge in [-0.3, -0.25) is 4.79 Å². The Morgan fingerprint density at radius 1 is 1.27 bits per heavy atom. The molecule has 1 aliphatic heterocycles. The number of Topliss-reactive ketones (excluding diaryl/α,β-unsaturated/α-hetero) is 1. The summed E-state index contributed by atoms with van der Waals surface area (Å²) in [4.78, 5) is 15.3. The lowest BCUT2D eigenvalue weighted by Gasteiger charge is -2.43. The number of hydrogen-bond donors (Lipinski definition) is 1. The predicted molar refractivity (Wildman–Crippen MR) is 125 cm³/mol. The first kappa shape index (κ1) is 24.2. The highest BCUT2D eigenvalue weighted by Crippen LogP contribution is 2.49. The van der Waals surface area contributed by atoms with Gasteiger partial charge in [0.2, 0.25) is 0 Å². The molecule has 0 saturated heterocycles. The van der Waals surface area contributed by atoms with Crippen LogP contribution in [-0.4, -0.2) is 44.2 Å². The topological polar surface area (TPSA) is 97.8 Å². The summed E-state index contributed by atoms with van der Waals surface area (Å²) < 4.78 is 16.7. The molecule has 0 amide bonds. The summed E-state index contributed by atoms with van der Waals surface area (Å²) in [6.07, 6.45) is 6.41. The highest BCUT2D eigenvalue weighted by molar-refractivity contribution is 6.00. The molecule has 174 valence electrons. The van der Waals surface area contributed by atoms with Gasteiger partial charge in [0, 0.05) is 31.3 Å². The van der Waals surface area contributed by atoms with Crippen LogP contribution in [0.1, 0.15) is 45.1 Å². The Kier molecular flexibility index (Phi) is 7.36. The van der Waals surface area contributed by atoms with Gasteiger partial charge < -0.3 is 24.8 Å². The lowest BCUT2D eigenvalue weighted by molar-refractivity contribution is -0.118. The van der Waals surface area contributed by atoms with Crippen LogP contribution >= 0.6 is 0 Å². The zero-order valence-electron chi connectivity index (χ0n) is 19.7. The van der Waals surface area contributed by atoms with Crippen molar-refractivity contribution in [3.63, 3.8) is 0 Å². The Hall–Kier alpha value is -3.42. The Balaban J connectivity index is 2.19. The van der Waals surface area contributed by atoms with Gasteiger partial charge in [-0.2, -0.15) is 5.26 Å². The Bertz CT molecular complexity index is 1070. The van der Waals surface area contributed by atoms with Gasteiger partial charge in [-0.15, -0.1) is 6.42 Å². The molecule has 7 heteroatoms. The first-order valence-corrected chi connectivity index (χ1v) is 11.0. The molecule has 0 fully saturated rings. The van der Waals surface area contributed by atoms with Crippen LogP contribution in [0, 0.1) is 29.1 Å². The van der Waals surface area contributed by atoms with Crippen molar-refractivity contribution >= 4 is 5.78 Å². The maximum Gasteiger partial charge on any atom is 0.162 e. The predicted octanol–water partition coefficient (Wildman–Crippen LogP) is 3.48. The zero-order valence-corrected chi connectivity index (χ0v) is 19.7. The van der Waals surface area contributed by atoms with Crippen LogP contribution in [0.5, 0.6) is 11.5 Å². The van der Waals surface area contributed by atoms with Crippen molar-refractivity contribution in [3.05, 3.63) is 46.4 Å². The second-order valence-electron chi connectivity index (χ2n) is 8.92. The van der Waals surface area contributed by atoms with Crippen LogP contribution in [0.4, 0.5) is 0 Å². The fourth-order valence-electron chi connectivity index (χ4n) is 4.56. The first-order valence-electron chi connectivity index (χ1n) is 11.0. The van der Waals surface area contributed by atoms with E-state index < -0.39 is 5.92 Å². The number of allylic oxidation sites excluding steroid dienone is 3. The molecule has 0 saturated carbocycles. The van der Waals surface area contributed by atoms with Crippen LogP contribution in [0.25, 0.3) is 0 Å². The molecule has 33 heavy (non-hydrogen) atoms. The third kappa shape index (κ3) is 4.84. The molecule has 7 nitrogen and oxygen atoms in total. The fraction of sp³-hybridized carbons (Fsp3) is 0.462. The van der Waals surface area contributed by atoms with Crippen molar-refractivity contribution in [2.24, 2.45) is 11.1 Å². The van der Waals surface area contributed by atoms with E-state index in [1.165, 1.54) is 0 Å². The summed E-state index contributed by atoms with van der Waals surface area (Å²) >= 11 is 0. The summed E-state index contributed by atoms with van der Waals surface area (Å²) in [6, 6.07) is 7.68. The monoisotopic (exact) mass is 449 g/mol. The average molecular weight is 450 g/mol. The van der Waals surface area contributed by atoms with Crippen LogP contribution in [0.15, 0.2) is 40.9 Å². The van der Waals surface area contributed by atoms with E-state index in [1.54, 1.807) is 13.2 Å². The molecule has 0 unspecified atom stereocenters. The minimum Gasteiger partial charge on any atom is -0.490 e. The number of rotatable bonds is 8. The number of nitrogens with zero attached hydrogens (tertiary/aromatic N) is 2. The summed E-state index contributed by atoms with van der Waals surface area (Å²) in [5.41, 5.74) is 8.91. The smallest absolute Gasteiger partial charge is 0.162 e. The number of hydrogen-bond acceptors (Lipinski definition) is 7. The number of nitriles is 1. The summed E-state index contributed by atoms with van der Waals surface area (Å²) in [5.74, 6) is 3.27. The summed E-state index contributed by atoms with van der Waals surface area (Å²) in [5, 5.41) is 10.1. The van der Waals surface area contributed by atoms with Gasteiger partial charge in [-0.25, -0.2) is 0 Å². The second kappa shape index (κ2) is 10.0. The van der Waals surface area contributed by atoms with Crippen LogP contribution in [-0.2, 0) is 9.53 Å². The third-order valence-electron chi connectivity index (χ3n) is 5.92. The molecule has 1 aromatic rings. The SMILES string of the molecule is C#CCOc1ccc([C@@H]2C(C#N)=C(N)N(CCOC)C3=C2C(=O)CC(C)(C)C3)cc1OCC. The minimum absolute atomic E-state index is 0.0273. The number of carbonyl (C=O) groups is 1. The van der Waals surface area contributed by atoms with Crippen LogP contribution < -0.4 is 15.2 Å². The quantitative estimate of drug-likeness (QED) is 0.607. The van der Waals surface area contributed by atoms with Gasteiger partial charge in [0.15, 0.2) is 17.3 Å². The Morgan fingerprint density at radius 2 is 2.03 bits per heavy atom. The molecule has 1 heterocycles. The molecular formula is C26H31N3O4. The van der Waals surface area contributed by atoms with Gasteiger partial charge in [-0.1, -0.05) is 25.8 Å². The van der Waals surface area contributed by atoms with E-state index >= 15 is 0 Å². The lowest BCUT2D eigenvalue weighted by atomic mass is 9.68. The number of nitrogens with two attached hydrogens (primary N) is 1. The molecule has 1 aromatic carbocycles. The first-order chi connectivity index (χ1) is 15.8. The lowest BCUT2D eigenvalue weighted by Crippen LogP contribution is -2.43. The van der Waals surface area contributed by atoms with E-state index in [0.29, 0.717) is 61.1 Å². The average Bonchev–Trinajstić information content (AvgIpc) is 2.76. The normalized spacial score (nSPS) is 19.6. The summed E-state index contributed by atoms with van der Waals surface area (Å²) in [7, 11) is 1.61. The van der Waals surface area contributed by atoms with Crippen molar-refractivity contribution in [2.45, 2.75) is 39.5 Å². The molecule has 0 aromatic heterocycles. The fourth-order valence-corrected chi connectivity index (χ4v) is 4.56. The van der Waals surface area contributed by atoms with Crippen LogP contribution in [0.2, 0.25) is 0 Å². The molecule has 0 spiro atoms. The molecule has 2 aliphatic rings. The van der Waals surface area contributed by atoms with E-state index in [1.807, 2.05) is 24.0 Å². The molecule has 1 atom stereocenters. The maximum absolute atomic E-state index is 13.5. The minimum atomic E-state index is -0.576. The number of terminal acetylenes is 1. The van der Waals surface area contributed by atoms with E-state index in [2.05, 4.69) is 25.8 Å². The summed E-state index contributed by atoms with van der Waals surface area (Å²) in [6.45, 7) is 7.44. The number of benzene rings is 1. The number of carbonyl (C=O) groups excluding carboxylic acids is 1. The molecule has 3 rings (SSSR count). The number of ketones is 1. The van der Waals surface area contributed by atoms with Crippen molar-refractivity contribution in [1.82, 2.24) is 4.90 Å². The van der Waals surface area contributed by atoms with Gasteiger partial charge >= 0.3 is 0 Å². The van der Waals surface area contributed by atoms with Gasteiger partial charge in [0.05, 0.1) is 30.8 Å². The second-order valence-corrected chi connectivity index (χ2v) is 8.92. The molecular weight excluding hydrogens is 418 g/mol. The highest BCUT2D eigenvalue weighted by atomic mass is 16.5. The van der Waals surface area contributed by atoms with Crippen molar-refractivity contribution < 1.29 is 19.0 Å². The van der Waals surface area contributed by atoms with Crippen molar-refractivity contribution in [3.8, 4) is 29.9 Å². The zero-order chi connectivity index (χ0) is 24.2. The third-order valence-corrected chi connectivity index (χ3v) is 5.92. The Labute approximate surface area is 195 Å². The molecule has 1 aliphatic carbocycles. The maximum atomic E-state index is 13.5. The van der Waals surface area contributed by atoms with Crippen molar-refractivity contribution in [2.75, 3.05) is 33.5 Å². The number of ether oxygens (including phenoxy) is 3. The Morgan fingerprint density at radius 3 is 2.67 bits per heavy atom. The van der Waals surface area contributed by atoms with Crippen molar-refractivity contribution in [1.29, 1.82) is 5.26 Å². The number of methoxy groups -OCH3 is 1. The molecule has 0 radical (unpaired) electrons. The van der Waals surface area contributed by atoms with Crippen LogP contribution in [0.3, 0.4) is 0 Å². The van der Waals surface area contributed by atoms with E-state index in [0.717, 1.165) is 11.3 Å². The largest absolute Gasteiger partial charge is 0.490 e. The van der Waals surface area contributed by atoms with E-state index in [-0.39, 0.29) is 17.8 Å². The molecule has 0 bridgehead atoms. The highest BCUT2D eigenvalue weighted by Gasteiger charge is 2.44. The standard InChI is InChI=1S/C26H31N3O4/c1-6-11-33-21-9-8-17(13-22(21)32-7-2)23-18(16-27)25(28)29(10-12-31-5)19-14-26(3,4)15-20(30)24(19)23/h1,8-9,13,23H,7,10-12,14-15,28H2,2-5H3/t23-/m1/s1. The van der Waals surface area contributed by atoms with Gasteiger partial charge in [0.25, 0.3) is 0 Å². The van der Waals surface area contributed by atoms with Gasteiger partial charge in [-0.05, 0) is 36.5 Å².